The molecule has 122 valence electrons. The van der Waals surface area contributed by atoms with E-state index in [-0.39, 0.29) is 24.4 Å². The Morgan fingerprint density at radius 3 is 2.73 bits per heavy atom. The van der Waals surface area contributed by atoms with Gasteiger partial charge in [0.2, 0.25) is 5.91 Å². The number of likely N-dealkylation sites (N-methyl/N-ethyl adjacent to an activating group) is 1. The molecular formula is C16H21F3N2O. The zero-order valence-electron chi connectivity index (χ0n) is 12.6. The van der Waals surface area contributed by atoms with Crippen molar-refractivity contribution >= 4 is 5.91 Å². The maximum absolute atomic E-state index is 12.8. The van der Waals surface area contributed by atoms with Crippen molar-refractivity contribution in [2.24, 2.45) is 5.73 Å². The van der Waals surface area contributed by atoms with E-state index in [4.69, 9.17) is 5.73 Å². The number of hydrogen-bond acceptors (Lipinski definition) is 2. The van der Waals surface area contributed by atoms with Crippen LogP contribution in [0.5, 0.6) is 0 Å². The van der Waals surface area contributed by atoms with Crippen molar-refractivity contribution in [3.63, 3.8) is 0 Å². The van der Waals surface area contributed by atoms with Gasteiger partial charge in [0.25, 0.3) is 0 Å². The Balaban J connectivity index is 2.14. The third-order valence-corrected chi connectivity index (χ3v) is 4.45. The summed E-state index contributed by atoms with van der Waals surface area (Å²) in [6.45, 7) is -0.0405. The monoisotopic (exact) mass is 314 g/mol. The molecule has 0 spiro atoms. The molecule has 6 heteroatoms. The Morgan fingerprint density at radius 1 is 1.36 bits per heavy atom. The van der Waals surface area contributed by atoms with E-state index in [0.29, 0.717) is 12.0 Å². The molecule has 2 rings (SSSR count). The zero-order valence-corrected chi connectivity index (χ0v) is 12.6. The van der Waals surface area contributed by atoms with Gasteiger partial charge in [0.15, 0.2) is 0 Å². The second-order valence-corrected chi connectivity index (χ2v) is 5.85. The maximum Gasteiger partial charge on any atom is 0.416 e. The minimum atomic E-state index is -4.32. The first kappa shape index (κ1) is 16.8. The highest BCUT2D eigenvalue weighted by molar-refractivity contribution is 5.78. The summed E-state index contributed by atoms with van der Waals surface area (Å²) in [5.41, 5.74) is 5.47. The molecule has 0 aliphatic heterocycles. The van der Waals surface area contributed by atoms with Gasteiger partial charge in [0.1, 0.15) is 0 Å². The molecule has 1 aromatic carbocycles. The summed E-state index contributed by atoms with van der Waals surface area (Å²) in [5.74, 6) is -0.0798. The molecule has 1 aromatic rings. The van der Waals surface area contributed by atoms with Gasteiger partial charge in [-0.05, 0) is 36.8 Å². The number of nitrogens with zero attached hydrogens (tertiary/aromatic N) is 1. The Bertz CT molecular complexity index is 530. The van der Waals surface area contributed by atoms with Crippen LogP contribution in [-0.2, 0) is 11.0 Å². The molecule has 2 N–H and O–H groups in total. The second kappa shape index (κ2) is 6.69. The van der Waals surface area contributed by atoms with Gasteiger partial charge < -0.3 is 10.6 Å². The molecule has 0 saturated heterocycles. The van der Waals surface area contributed by atoms with Crippen molar-refractivity contribution in [3.05, 3.63) is 35.4 Å². The van der Waals surface area contributed by atoms with Crippen LogP contribution >= 0.6 is 0 Å². The highest BCUT2D eigenvalue weighted by Gasteiger charge is 2.32. The van der Waals surface area contributed by atoms with Crippen LogP contribution in [0.15, 0.2) is 24.3 Å². The van der Waals surface area contributed by atoms with Crippen molar-refractivity contribution in [1.29, 1.82) is 0 Å². The summed E-state index contributed by atoms with van der Waals surface area (Å²) in [6, 6.07) is 5.57. The smallest absolute Gasteiger partial charge is 0.342 e. The quantitative estimate of drug-likeness (QED) is 0.931. The van der Waals surface area contributed by atoms with Crippen LogP contribution in [0.25, 0.3) is 0 Å². The molecule has 0 aromatic heterocycles. The highest BCUT2D eigenvalue weighted by atomic mass is 19.4. The fraction of sp³-hybridized carbons (Fsp3) is 0.562. The number of carbonyl (C=O) groups is 1. The molecule has 22 heavy (non-hydrogen) atoms. The molecule has 0 heterocycles. The standard InChI is InChI=1S/C16H21F3N2O/c1-21(15(22)10-20)14-7-3-5-12(9-14)11-4-2-6-13(8-11)16(17,18)19/h2,4,6,8,12,14H,3,5,7,9-10,20H2,1H3. The van der Waals surface area contributed by atoms with Gasteiger partial charge in [-0.15, -0.1) is 0 Å². The predicted molar refractivity (Wildman–Crippen MR) is 78.3 cm³/mol. The van der Waals surface area contributed by atoms with Gasteiger partial charge in [-0.2, -0.15) is 13.2 Å². The molecule has 1 amide bonds. The number of rotatable bonds is 3. The maximum atomic E-state index is 12.8. The van der Waals surface area contributed by atoms with Crippen LogP contribution in [0.2, 0.25) is 0 Å². The molecule has 2 unspecified atom stereocenters. The summed E-state index contributed by atoms with van der Waals surface area (Å²) in [5, 5.41) is 0. The lowest BCUT2D eigenvalue weighted by atomic mass is 9.80. The van der Waals surface area contributed by atoms with E-state index < -0.39 is 11.7 Å². The zero-order chi connectivity index (χ0) is 16.3. The first-order valence-electron chi connectivity index (χ1n) is 7.45. The normalized spacial score (nSPS) is 22.4. The van der Waals surface area contributed by atoms with Gasteiger partial charge in [0.05, 0.1) is 12.1 Å². The van der Waals surface area contributed by atoms with Gasteiger partial charge >= 0.3 is 6.18 Å². The Labute approximate surface area is 128 Å². The van der Waals surface area contributed by atoms with Crippen LogP contribution in [-0.4, -0.2) is 30.4 Å². The van der Waals surface area contributed by atoms with E-state index in [1.54, 1.807) is 18.0 Å². The van der Waals surface area contributed by atoms with Crippen LogP contribution < -0.4 is 5.73 Å². The molecular weight excluding hydrogens is 293 g/mol. The van der Waals surface area contributed by atoms with Crippen molar-refractivity contribution in [2.45, 2.75) is 43.8 Å². The summed E-state index contributed by atoms with van der Waals surface area (Å²) in [4.78, 5) is 13.3. The summed E-state index contributed by atoms with van der Waals surface area (Å²) < 4.78 is 38.5. The lowest BCUT2D eigenvalue weighted by molar-refractivity contribution is -0.137. The van der Waals surface area contributed by atoms with Gasteiger partial charge in [-0.25, -0.2) is 0 Å². The lowest BCUT2D eigenvalue weighted by Gasteiger charge is -2.35. The van der Waals surface area contributed by atoms with Gasteiger partial charge in [0, 0.05) is 13.1 Å². The van der Waals surface area contributed by atoms with Gasteiger partial charge in [-0.1, -0.05) is 24.6 Å². The topological polar surface area (TPSA) is 46.3 Å². The molecule has 0 bridgehead atoms. The molecule has 1 aliphatic rings. The third kappa shape index (κ3) is 3.80. The first-order valence-corrected chi connectivity index (χ1v) is 7.45. The number of benzene rings is 1. The van der Waals surface area contributed by atoms with E-state index in [2.05, 4.69) is 0 Å². The van der Waals surface area contributed by atoms with Crippen LogP contribution in [0, 0.1) is 0 Å². The minimum absolute atomic E-state index is 0.0405. The Kier molecular flexibility index (Phi) is 5.11. The molecule has 1 aliphatic carbocycles. The SMILES string of the molecule is CN(C(=O)CN)C1CCCC(c2cccc(C(F)(F)F)c2)C1. The van der Waals surface area contributed by atoms with Crippen molar-refractivity contribution in [1.82, 2.24) is 4.90 Å². The minimum Gasteiger partial charge on any atom is -0.342 e. The molecule has 0 radical (unpaired) electrons. The Morgan fingerprint density at radius 2 is 2.09 bits per heavy atom. The van der Waals surface area contributed by atoms with E-state index in [1.807, 2.05) is 0 Å². The number of nitrogens with two attached hydrogens (primary N) is 1. The molecule has 1 fully saturated rings. The number of hydrogen-bond donors (Lipinski definition) is 1. The van der Waals surface area contributed by atoms with E-state index in [9.17, 15) is 18.0 Å². The van der Waals surface area contributed by atoms with E-state index >= 15 is 0 Å². The summed E-state index contributed by atoms with van der Waals surface area (Å²) in [7, 11) is 1.72. The average molecular weight is 314 g/mol. The summed E-state index contributed by atoms with van der Waals surface area (Å²) >= 11 is 0. The predicted octanol–water partition coefficient (Wildman–Crippen LogP) is 3.15. The molecule has 3 nitrogen and oxygen atoms in total. The molecule has 2 atom stereocenters. The second-order valence-electron chi connectivity index (χ2n) is 5.85. The van der Waals surface area contributed by atoms with E-state index in [1.165, 1.54) is 12.1 Å². The van der Waals surface area contributed by atoms with E-state index in [0.717, 1.165) is 25.3 Å². The van der Waals surface area contributed by atoms with Crippen LogP contribution in [0.3, 0.4) is 0 Å². The van der Waals surface area contributed by atoms with Crippen molar-refractivity contribution in [2.75, 3.05) is 13.6 Å². The molecule has 1 saturated carbocycles. The van der Waals surface area contributed by atoms with Crippen molar-refractivity contribution < 1.29 is 18.0 Å². The third-order valence-electron chi connectivity index (χ3n) is 4.45. The fourth-order valence-corrected chi connectivity index (χ4v) is 3.14. The van der Waals surface area contributed by atoms with Crippen LogP contribution in [0.1, 0.15) is 42.7 Å². The lowest BCUT2D eigenvalue weighted by Crippen LogP contribution is -2.42. The first-order chi connectivity index (χ1) is 10.3. The number of alkyl halides is 3. The highest BCUT2D eigenvalue weighted by Crippen LogP contribution is 2.37. The van der Waals surface area contributed by atoms with Crippen LogP contribution in [0.4, 0.5) is 13.2 Å². The number of halogens is 3. The largest absolute Gasteiger partial charge is 0.416 e. The average Bonchev–Trinajstić information content (AvgIpc) is 2.53. The Hall–Kier alpha value is -1.56. The van der Waals surface area contributed by atoms with Gasteiger partial charge in [-0.3, -0.25) is 4.79 Å². The summed E-state index contributed by atoms with van der Waals surface area (Å²) in [6.07, 6.45) is -1.02. The van der Waals surface area contributed by atoms with Crippen molar-refractivity contribution in [3.8, 4) is 0 Å². The number of amides is 1. The number of carbonyl (C=O) groups excluding carboxylic acids is 1. The fourth-order valence-electron chi connectivity index (χ4n) is 3.14.